The molecule has 1 aromatic carbocycles. The summed E-state index contributed by atoms with van der Waals surface area (Å²) in [7, 11) is 0. The van der Waals surface area contributed by atoms with E-state index < -0.39 is 0 Å². The van der Waals surface area contributed by atoms with Gasteiger partial charge in [0.25, 0.3) is 5.56 Å². The smallest absolute Gasteiger partial charge is 0.251 e. The zero-order valence-corrected chi connectivity index (χ0v) is 14.7. The summed E-state index contributed by atoms with van der Waals surface area (Å²) in [5, 5.41) is 0. The van der Waals surface area contributed by atoms with Crippen LogP contribution in [0.4, 0.5) is 11.5 Å². The molecule has 2 saturated heterocycles. The monoisotopic (exact) mass is 349 g/mol. The molecule has 5 heteroatoms. The van der Waals surface area contributed by atoms with Gasteiger partial charge in [-0.25, -0.2) is 0 Å². The minimum absolute atomic E-state index is 0.0305. The second-order valence-electron chi connectivity index (χ2n) is 7.34. The molecule has 1 aliphatic carbocycles. The molecule has 2 aliphatic heterocycles. The molecule has 0 bridgehead atoms. The first-order chi connectivity index (χ1) is 12.8. The van der Waals surface area contributed by atoms with Gasteiger partial charge in [-0.15, -0.1) is 0 Å². The largest absolute Gasteiger partial charge is 0.378 e. The Morgan fingerprint density at radius 2 is 1.92 bits per heavy atom. The molecule has 0 unspecified atom stereocenters. The summed E-state index contributed by atoms with van der Waals surface area (Å²) in [4.78, 5) is 20.0. The SMILES string of the molecule is O=c1cc(N2CCOCC2)cc(N2CC3=C[C@H]3[C@@H]2Cc2ccccc2)[nH]1. The molecular formula is C21H23N3O2. The molecule has 1 N–H and O–H groups in total. The number of anilines is 2. The van der Waals surface area contributed by atoms with Gasteiger partial charge in [0, 0.05) is 49.4 Å². The lowest BCUT2D eigenvalue weighted by Gasteiger charge is -2.31. The molecular weight excluding hydrogens is 326 g/mol. The number of nitrogens with one attached hydrogen (secondary N) is 1. The Hall–Kier alpha value is -2.53. The van der Waals surface area contributed by atoms with Crippen molar-refractivity contribution in [1.29, 1.82) is 0 Å². The molecule has 1 aromatic heterocycles. The van der Waals surface area contributed by atoms with Gasteiger partial charge in [0.2, 0.25) is 0 Å². The van der Waals surface area contributed by atoms with Crippen LogP contribution in [0.25, 0.3) is 0 Å². The maximum Gasteiger partial charge on any atom is 0.251 e. The standard InChI is InChI=1S/C21H23N3O2/c25-21-13-17(23-6-8-26-9-7-23)12-20(22-21)24-14-16-11-18(16)19(24)10-15-4-2-1-3-5-15/h1-5,11-13,18-19H,6-10,14H2,(H,22,25)/t18-,19+/m1/s1. The maximum atomic E-state index is 12.3. The summed E-state index contributed by atoms with van der Waals surface area (Å²) in [6, 6.07) is 14.8. The van der Waals surface area contributed by atoms with Gasteiger partial charge < -0.3 is 19.5 Å². The van der Waals surface area contributed by atoms with E-state index in [1.165, 1.54) is 11.1 Å². The molecule has 0 saturated carbocycles. The lowest BCUT2D eigenvalue weighted by Crippen LogP contribution is -2.38. The highest BCUT2D eigenvalue weighted by Gasteiger charge is 2.44. The highest BCUT2D eigenvalue weighted by molar-refractivity contribution is 5.60. The fourth-order valence-electron chi connectivity index (χ4n) is 4.24. The van der Waals surface area contributed by atoms with Crippen molar-refractivity contribution in [3.8, 4) is 0 Å². The zero-order valence-electron chi connectivity index (χ0n) is 14.7. The molecule has 26 heavy (non-hydrogen) atoms. The quantitative estimate of drug-likeness (QED) is 0.860. The fraction of sp³-hybridized carbons (Fsp3) is 0.381. The number of aromatic nitrogens is 1. The number of aromatic amines is 1. The van der Waals surface area contributed by atoms with E-state index in [-0.39, 0.29) is 5.56 Å². The third-order valence-corrected chi connectivity index (χ3v) is 5.67. The molecule has 2 fully saturated rings. The predicted octanol–water partition coefficient (Wildman–Crippen LogP) is 2.20. The second-order valence-corrected chi connectivity index (χ2v) is 7.34. The van der Waals surface area contributed by atoms with Crippen LogP contribution in [-0.2, 0) is 11.2 Å². The third-order valence-electron chi connectivity index (χ3n) is 5.67. The van der Waals surface area contributed by atoms with Crippen LogP contribution in [0.2, 0.25) is 0 Å². The molecule has 0 radical (unpaired) electrons. The molecule has 134 valence electrons. The number of morpholine rings is 1. The molecule has 3 heterocycles. The van der Waals surface area contributed by atoms with Crippen molar-refractivity contribution >= 4 is 11.5 Å². The first-order valence-electron chi connectivity index (χ1n) is 9.36. The van der Waals surface area contributed by atoms with Crippen LogP contribution in [0.3, 0.4) is 0 Å². The van der Waals surface area contributed by atoms with E-state index in [0.29, 0.717) is 12.0 Å². The van der Waals surface area contributed by atoms with E-state index >= 15 is 0 Å². The van der Waals surface area contributed by atoms with Crippen LogP contribution in [0.15, 0.2) is 58.9 Å². The van der Waals surface area contributed by atoms with Gasteiger partial charge in [0.1, 0.15) is 5.82 Å². The average molecular weight is 349 g/mol. The van der Waals surface area contributed by atoms with Gasteiger partial charge in [-0.05, 0) is 17.6 Å². The van der Waals surface area contributed by atoms with Crippen molar-refractivity contribution in [3.63, 3.8) is 0 Å². The number of ether oxygens (including phenoxy) is 1. The molecule has 5 nitrogen and oxygen atoms in total. The van der Waals surface area contributed by atoms with Gasteiger partial charge in [-0.1, -0.05) is 36.4 Å². The van der Waals surface area contributed by atoms with E-state index in [1.54, 1.807) is 6.07 Å². The van der Waals surface area contributed by atoms with Crippen molar-refractivity contribution in [3.05, 3.63) is 70.0 Å². The zero-order chi connectivity index (χ0) is 17.5. The number of hydrogen-bond acceptors (Lipinski definition) is 4. The third kappa shape index (κ3) is 2.92. The van der Waals surface area contributed by atoms with Gasteiger partial charge >= 0.3 is 0 Å². The summed E-state index contributed by atoms with van der Waals surface area (Å²) in [5.41, 5.74) is 3.82. The van der Waals surface area contributed by atoms with Gasteiger partial charge in [-0.3, -0.25) is 4.79 Å². The lowest BCUT2D eigenvalue weighted by atomic mass is 10.0. The van der Waals surface area contributed by atoms with Crippen LogP contribution >= 0.6 is 0 Å². The number of pyridine rings is 1. The summed E-state index contributed by atoms with van der Waals surface area (Å²) in [5.74, 6) is 1.50. The second kappa shape index (κ2) is 6.32. The Morgan fingerprint density at radius 3 is 2.73 bits per heavy atom. The van der Waals surface area contributed by atoms with Crippen LogP contribution in [0.5, 0.6) is 0 Å². The molecule has 5 rings (SSSR count). The van der Waals surface area contributed by atoms with Crippen LogP contribution in [-0.4, -0.2) is 43.9 Å². The Labute approximate surface area is 152 Å². The van der Waals surface area contributed by atoms with Gasteiger partial charge in [0.15, 0.2) is 0 Å². The number of benzene rings is 1. The highest BCUT2D eigenvalue weighted by Crippen LogP contribution is 2.45. The summed E-state index contributed by atoms with van der Waals surface area (Å²) in [6.45, 7) is 4.04. The van der Waals surface area contributed by atoms with Crippen LogP contribution in [0.1, 0.15) is 5.56 Å². The minimum Gasteiger partial charge on any atom is -0.378 e. The highest BCUT2D eigenvalue weighted by atomic mass is 16.5. The number of H-pyrrole nitrogens is 1. The van der Waals surface area contributed by atoms with Crippen molar-refractivity contribution < 1.29 is 4.74 Å². The molecule has 0 amide bonds. The Bertz CT molecular complexity index is 884. The molecule has 3 aliphatic rings. The summed E-state index contributed by atoms with van der Waals surface area (Å²) >= 11 is 0. The fourth-order valence-corrected chi connectivity index (χ4v) is 4.24. The van der Waals surface area contributed by atoms with E-state index in [9.17, 15) is 4.79 Å². The average Bonchev–Trinajstić information content (AvgIpc) is 3.37. The maximum absolute atomic E-state index is 12.3. The van der Waals surface area contributed by atoms with Crippen LogP contribution < -0.4 is 15.4 Å². The predicted molar refractivity (Wildman–Crippen MR) is 103 cm³/mol. The van der Waals surface area contributed by atoms with Crippen molar-refractivity contribution in [2.75, 3.05) is 42.6 Å². The van der Waals surface area contributed by atoms with Gasteiger partial charge in [0.05, 0.1) is 13.2 Å². The van der Waals surface area contributed by atoms with E-state index in [0.717, 1.165) is 50.8 Å². The van der Waals surface area contributed by atoms with Crippen molar-refractivity contribution in [2.45, 2.75) is 12.5 Å². The number of fused-ring (bicyclic) bond motifs is 1. The first-order valence-corrected chi connectivity index (χ1v) is 9.36. The Balaban J connectivity index is 1.43. The van der Waals surface area contributed by atoms with Crippen molar-refractivity contribution in [2.24, 2.45) is 5.92 Å². The molecule has 2 aromatic rings. The normalized spacial score (nSPS) is 24.4. The number of rotatable bonds is 4. The van der Waals surface area contributed by atoms with E-state index in [4.69, 9.17) is 4.74 Å². The minimum atomic E-state index is -0.0305. The van der Waals surface area contributed by atoms with Crippen molar-refractivity contribution in [1.82, 2.24) is 4.98 Å². The number of hydrogen-bond donors (Lipinski definition) is 1. The molecule has 0 spiro atoms. The van der Waals surface area contributed by atoms with E-state index in [1.807, 2.05) is 0 Å². The summed E-state index contributed by atoms with van der Waals surface area (Å²) in [6.07, 6.45) is 3.36. The van der Waals surface area contributed by atoms with Gasteiger partial charge in [-0.2, -0.15) is 0 Å². The first kappa shape index (κ1) is 15.7. The van der Waals surface area contributed by atoms with E-state index in [2.05, 4.69) is 57.3 Å². The molecule has 2 atom stereocenters. The number of nitrogens with zero attached hydrogens (tertiary/aromatic N) is 2. The summed E-state index contributed by atoms with van der Waals surface area (Å²) < 4.78 is 5.44. The Kier molecular flexibility index (Phi) is 3.82. The lowest BCUT2D eigenvalue weighted by molar-refractivity contribution is 0.122. The topological polar surface area (TPSA) is 48.6 Å². The Morgan fingerprint density at radius 1 is 1.12 bits per heavy atom. The van der Waals surface area contributed by atoms with Crippen LogP contribution in [0, 0.1) is 5.92 Å².